The van der Waals surface area contributed by atoms with Gasteiger partial charge in [0.2, 0.25) is 0 Å². The summed E-state index contributed by atoms with van der Waals surface area (Å²) in [5.41, 5.74) is -0.554. The van der Waals surface area contributed by atoms with Gasteiger partial charge in [-0.2, -0.15) is 15.8 Å². The molecule has 0 heterocycles. The Morgan fingerprint density at radius 3 is 2.35 bits per heavy atom. The highest BCUT2D eigenvalue weighted by Gasteiger charge is 2.10. The Kier molecular flexibility index (Phi) is 4.06. The number of halogens is 2. The molecule has 0 bridgehead atoms. The molecule has 1 aromatic carbocycles. The molecule has 0 aliphatic carbocycles. The number of nitrogens with zero attached hydrogens (tertiary/aromatic N) is 3. The van der Waals surface area contributed by atoms with Crippen LogP contribution in [0.2, 0.25) is 5.02 Å². The van der Waals surface area contributed by atoms with E-state index in [0.29, 0.717) is 0 Å². The van der Waals surface area contributed by atoms with E-state index in [1.54, 1.807) is 18.2 Å². The van der Waals surface area contributed by atoms with Gasteiger partial charge in [0, 0.05) is 0 Å². The van der Waals surface area contributed by atoms with E-state index in [0.717, 1.165) is 6.07 Å². The third-order valence-electron chi connectivity index (χ3n) is 1.80. The number of hydrogen-bond acceptors (Lipinski definition) is 4. The van der Waals surface area contributed by atoms with E-state index in [1.807, 2.05) is 0 Å². The minimum absolute atomic E-state index is 0.117. The van der Waals surface area contributed by atoms with Crippen molar-refractivity contribution in [1.82, 2.24) is 0 Å². The molecule has 0 atom stereocenters. The van der Waals surface area contributed by atoms with Crippen molar-refractivity contribution >= 4 is 17.3 Å². The number of hydrogen-bond donors (Lipinski definition) is 1. The lowest BCUT2D eigenvalue weighted by molar-refractivity contribution is 0.629. The lowest BCUT2D eigenvalue weighted by Gasteiger charge is -2.06. The van der Waals surface area contributed by atoms with Crippen LogP contribution in [0.15, 0.2) is 29.5 Å². The number of allylic oxidation sites excluding steroid dienone is 2. The molecular formula is C11H4ClFN4. The molecular weight excluding hydrogens is 243 g/mol. The first kappa shape index (κ1) is 12.5. The second kappa shape index (κ2) is 5.51. The molecule has 0 aliphatic heterocycles. The SMILES string of the molecule is N#CC(C#N)=C(C#N)Nc1cccc(F)c1Cl. The Bertz CT molecular complexity index is 585. The predicted octanol–water partition coefficient (Wildman–Crippen LogP) is 2.72. The van der Waals surface area contributed by atoms with Crippen LogP contribution in [0.5, 0.6) is 0 Å². The molecule has 0 spiro atoms. The average molecular weight is 247 g/mol. The maximum absolute atomic E-state index is 13.1. The summed E-state index contributed by atoms with van der Waals surface area (Å²) < 4.78 is 13.1. The molecule has 17 heavy (non-hydrogen) atoms. The molecule has 4 nitrogen and oxygen atoms in total. The molecule has 0 aromatic heterocycles. The zero-order valence-electron chi connectivity index (χ0n) is 8.33. The zero-order chi connectivity index (χ0) is 12.8. The number of nitrogens with one attached hydrogen (secondary N) is 1. The molecule has 0 amide bonds. The van der Waals surface area contributed by atoms with Crippen molar-refractivity contribution in [1.29, 1.82) is 15.8 Å². The summed E-state index contributed by atoms with van der Waals surface area (Å²) in [5.74, 6) is -0.663. The minimum Gasteiger partial charge on any atom is -0.344 e. The summed E-state index contributed by atoms with van der Waals surface area (Å²) >= 11 is 5.65. The van der Waals surface area contributed by atoms with E-state index in [4.69, 9.17) is 27.4 Å². The van der Waals surface area contributed by atoms with Crippen LogP contribution < -0.4 is 5.32 Å². The van der Waals surface area contributed by atoms with Crippen LogP contribution in [-0.4, -0.2) is 0 Å². The van der Waals surface area contributed by atoms with Gasteiger partial charge in [-0.1, -0.05) is 17.7 Å². The normalized spacial score (nSPS) is 8.41. The third-order valence-corrected chi connectivity index (χ3v) is 2.18. The first-order chi connectivity index (χ1) is 8.13. The quantitative estimate of drug-likeness (QED) is 0.813. The van der Waals surface area contributed by atoms with Crippen LogP contribution >= 0.6 is 11.6 Å². The van der Waals surface area contributed by atoms with Gasteiger partial charge >= 0.3 is 0 Å². The molecule has 82 valence electrons. The zero-order valence-corrected chi connectivity index (χ0v) is 9.09. The largest absolute Gasteiger partial charge is 0.344 e. The van der Waals surface area contributed by atoms with Crippen molar-refractivity contribution in [2.75, 3.05) is 5.32 Å². The lowest BCUT2D eigenvalue weighted by atomic mass is 10.2. The van der Waals surface area contributed by atoms with Crippen molar-refractivity contribution in [3.05, 3.63) is 40.3 Å². The molecule has 0 aliphatic rings. The third kappa shape index (κ3) is 2.72. The van der Waals surface area contributed by atoms with E-state index in [1.165, 1.54) is 12.1 Å². The lowest BCUT2D eigenvalue weighted by Crippen LogP contribution is -2.01. The van der Waals surface area contributed by atoms with E-state index in [-0.39, 0.29) is 16.4 Å². The first-order valence-corrected chi connectivity index (χ1v) is 4.67. The Hall–Kier alpha value is -2.55. The maximum Gasteiger partial charge on any atom is 0.163 e. The van der Waals surface area contributed by atoms with Crippen LogP contribution in [-0.2, 0) is 0 Å². The van der Waals surface area contributed by atoms with Gasteiger partial charge in [-0.15, -0.1) is 0 Å². The summed E-state index contributed by atoms with van der Waals surface area (Å²) in [6.45, 7) is 0. The van der Waals surface area contributed by atoms with Crippen LogP contribution in [0.4, 0.5) is 10.1 Å². The van der Waals surface area contributed by atoms with Crippen LogP contribution in [0.1, 0.15) is 0 Å². The summed E-state index contributed by atoms with van der Waals surface area (Å²) in [6.07, 6.45) is 0. The van der Waals surface area contributed by atoms with Crippen molar-refractivity contribution in [3.8, 4) is 18.2 Å². The van der Waals surface area contributed by atoms with Crippen molar-refractivity contribution < 1.29 is 4.39 Å². The van der Waals surface area contributed by atoms with E-state index in [9.17, 15) is 4.39 Å². The topological polar surface area (TPSA) is 83.4 Å². The fraction of sp³-hybridized carbons (Fsp3) is 0. The predicted molar refractivity (Wildman–Crippen MR) is 58.9 cm³/mol. The standard InChI is InChI=1S/C11H4ClFN4/c12-11-8(13)2-1-3-9(11)17-10(6-16)7(4-14)5-15/h1-3,17H. The molecule has 0 radical (unpaired) electrons. The second-order valence-electron chi connectivity index (χ2n) is 2.81. The van der Waals surface area contributed by atoms with Crippen molar-refractivity contribution in [2.45, 2.75) is 0 Å². The number of nitriles is 3. The van der Waals surface area contributed by atoms with E-state index >= 15 is 0 Å². The highest BCUT2D eigenvalue weighted by molar-refractivity contribution is 6.33. The van der Waals surface area contributed by atoms with Crippen LogP contribution in [0.3, 0.4) is 0 Å². The van der Waals surface area contributed by atoms with E-state index in [2.05, 4.69) is 5.32 Å². The van der Waals surface area contributed by atoms with Crippen LogP contribution in [0, 0.1) is 39.8 Å². The van der Waals surface area contributed by atoms with E-state index < -0.39 is 11.4 Å². The first-order valence-electron chi connectivity index (χ1n) is 4.29. The smallest absolute Gasteiger partial charge is 0.163 e. The van der Waals surface area contributed by atoms with Gasteiger partial charge in [0.15, 0.2) is 5.57 Å². The molecule has 0 saturated heterocycles. The Morgan fingerprint density at radius 1 is 1.18 bits per heavy atom. The van der Waals surface area contributed by atoms with Gasteiger partial charge in [-0.05, 0) is 12.1 Å². The number of rotatable bonds is 2. The molecule has 1 aromatic rings. The molecule has 1 rings (SSSR count). The van der Waals surface area contributed by atoms with Crippen LogP contribution in [0.25, 0.3) is 0 Å². The molecule has 0 saturated carbocycles. The van der Waals surface area contributed by atoms with Gasteiger partial charge in [0.25, 0.3) is 0 Å². The highest BCUT2D eigenvalue weighted by Crippen LogP contribution is 2.25. The minimum atomic E-state index is -0.663. The summed E-state index contributed by atoms with van der Waals surface area (Å²) in [5, 5.41) is 28.2. The highest BCUT2D eigenvalue weighted by atomic mass is 35.5. The van der Waals surface area contributed by atoms with Gasteiger partial charge in [0.1, 0.15) is 29.7 Å². The fourth-order valence-corrected chi connectivity index (χ4v) is 1.19. The van der Waals surface area contributed by atoms with Crippen molar-refractivity contribution in [2.24, 2.45) is 0 Å². The molecule has 1 N–H and O–H groups in total. The summed E-state index contributed by atoms with van der Waals surface area (Å²) in [4.78, 5) is 0. The Labute approximate surface area is 102 Å². The average Bonchev–Trinajstić information content (AvgIpc) is 2.34. The van der Waals surface area contributed by atoms with Gasteiger partial charge in [-0.3, -0.25) is 0 Å². The van der Waals surface area contributed by atoms with Gasteiger partial charge in [-0.25, -0.2) is 4.39 Å². The summed E-state index contributed by atoms with van der Waals surface area (Å²) in [7, 11) is 0. The molecule has 6 heteroatoms. The number of benzene rings is 1. The van der Waals surface area contributed by atoms with Gasteiger partial charge in [0.05, 0.1) is 10.7 Å². The summed E-state index contributed by atoms with van der Waals surface area (Å²) in [6, 6.07) is 8.71. The monoisotopic (exact) mass is 246 g/mol. The van der Waals surface area contributed by atoms with Crippen molar-refractivity contribution in [3.63, 3.8) is 0 Å². The molecule has 0 unspecified atom stereocenters. The molecule has 0 fully saturated rings. The maximum atomic E-state index is 13.1. The fourth-order valence-electron chi connectivity index (χ4n) is 1.02. The number of anilines is 1. The Balaban J connectivity index is 3.21. The van der Waals surface area contributed by atoms with Gasteiger partial charge < -0.3 is 5.32 Å². The second-order valence-corrected chi connectivity index (χ2v) is 3.19. The Morgan fingerprint density at radius 2 is 1.82 bits per heavy atom.